The van der Waals surface area contributed by atoms with Gasteiger partial charge in [0.1, 0.15) is 11.5 Å². The summed E-state index contributed by atoms with van der Waals surface area (Å²) in [5, 5.41) is 3.15. The van der Waals surface area contributed by atoms with E-state index in [1.807, 2.05) is 13.0 Å². The normalized spacial score (nSPS) is 10.0. The third kappa shape index (κ3) is 4.68. The van der Waals surface area contributed by atoms with Gasteiger partial charge < -0.3 is 9.47 Å². The average molecular weight is 306 g/mol. The van der Waals surface area contributed by atoms with Crippen molar-refractivity contribution in [2.24, 2.45) is 0 Å². The largest absolute Gasteiger partial charge is 0.491 e. The predicted molar refractivity (Wildman–Crippen MR) is 83.3 cm³/mol. The summed E-state index contributed by atoms with van der Waals surface area (Å²) in [5.41, 5.74) is 0.483. The summed E-state index contributed by atoms with van der Waals surface area (Å²) in [6.45, 7) is 2.57. The van der Waals surface area contributed by atoms with Crippen LogP contribution in [0, 0.1) is 0 Å². The third-order valence-corrected chi connectivity index (χ3v) is 2.83. The molecule has 0 aliphatic heterocycles. The summed E-state index contributed by atoms with van der Waals surface area (Å²) >= 11 is 5.95. The van der Waals surface area contributed by atoms with Crippen LogP contribution in [0.4, 0.5) is 10.5 Å². The molecule has 1 N–H and O–H groups in total. The first-order valence-electron chi connectivity index (χ1n) is 6.65. The molecule has 110 valence electrons. The minimum Gasteiger partial charge on any atom is -0.491 e. The van der Waals surface area contributed by atoms with Crippen molar-refractivity contribution in [1.29, 1.82) is 0 Å². The molecule has 2 rings (SSSR count). The molecule has 0 saturated heterocycles. The Hall–Kier alpha value is -2.20. The van der Waals surface area contributed by atoms with Crippen LogP contribution in [0.15, 0.2) is 48.5 Å². The van der Waals surface area contributed by atoms with Gasteiger partial charge in [-0.15, -0.1) is 0 Å². The summed E-state index contributed by atoms with van der Waals surface area (Å²) in [6.07, 6.45) is 0.279. The van der Waals surface area contributed by atoms with Crippen molar-refractivity contribution >= 4 is 23.4 Å². The Bertz CT molecular complexity index is 602. The van der Waals surface area contributed by atoms with Crippen LogP contribution in [-0.2, 0) is 0 Å². The monoisotopic (exact) mass is 305 g/mol. The maximum atomic E-state index is 11.9. The summed E-state index contributed by atoms with van der Waals surface area (Å²) in [6, 6.07) is 13.9. The SMILES string of the molecule is CCCOc1ccc(Cl)cc1NC(=O)Oc1ccccc1. The highest BCUT2D eigenvalue weighted by atomic mass is 35.5. The van der Waals surface area contributed by atoms with Gasteiger partial charge in [0.2, 0.25) is 0 Å². The Labute approximate surface area is 128 Å². The second-order valence-electron chi connectivity index (χ2n) is 4.32. The minimum atomic E-state index is -0.593. The zero-order chi connectivity index (χ0) is 15.1. The van der Waals surface area contributed by atoms with Gasteiger partial charge in [0.25, 0.3) is 0 Å². The lowest BCUT2D eigenvalue weighted by Crippen LogP contribution is -2.17. The van der Waals surface area contributed by atoms with Crippen molar-refractivity contribution in [1.82, 2.24) is 0 Å². The summed E-state index contributed by atoms with van der Waals surface area (Å²) in [7, 11) is 0. The number of halogens is 1. The van der Waals surface area contributed by atoms with Crippen molar-refractivity contribution in [3.8, 4) is 11.5 Å². The summed E-state index contributed by atoms with van der Waals surface area (Å²) in [4.78, 5) is 11.9. The molecule has 0 bridgehead atoms. The standard InChI is InChI=1S/C16H16ClNO3/c1-2-10-20-15-9-8-12(17)11-14(15)18-16(19)21-13-6-4-3-5-7-13/h3-9,11H,2,10H2,1H3,(H,18,19). The highest BCUT2D eigenvalue weighted by Gasteiger charge is 2.10. The number of benzene rings is 2. The summed E-state index contributed by atoms with van der Waals surface area (Å²) < 4.78 is 10.7. The van der Waals surface area contributed by atoms with E-state index in [-0.39, 0.29) is 0 Å². The molecule has 0 spiro atoms. The Morgan fingerprint density at radius 2 is 1.95 bits per heavy atom. The Kier molecular flexibility index (Phi) is 5.46. The molecule has 2 aromatic rings. The van der Waals surface area contributed by atoms with Crippen LogP contribution in [0.25, 0.3) is 0 Å². The number of amides is 1. The van der Waals surface area contributed by atoms with Crippen molar-refractivity contribution in [3.05, 3.63) is 53.6 Å². The number of carbonyl (C=O) groups excluding carboxylic acids is 1. The quantitative estimate of drug-likeness (QED) is 0.868. The van der Waals surface area contributed by atoms with E-state index >= 15 is 0 Å². The molecule has 0 heterocycles. The highest BCUT2D eigenvalue weighted by molar-refractivity contribution is 6.31. The minimum absolute atomic E-state index is 0.466. The maximum Gasteiger partial charge on any atom is 0.417 e. The van der Waals surface area contributed by atoms with Crippen LogP contribution in [0.3, 0.4) is 0 Å². The lowest BCUT2D eigenvalue weighted by molar-refractivity contribution is 0.215. The highest BCUT2D eigenvalue weighted by Crippen LogP contribution is 2.28. The van der Waals surface area contributed by atoms with E-state index in [0.717, 1.165) is 6.42 Å². The molecule has 0 aliphatic carbocycles. The number of hydrogen-bond acceptors (Lipinski definition) is 3. The van der Waals surface area contributed by atoms with Crippen molar-refractivity contribution in [3.63, 3.8) is 0 Å². The van der Waals surface area contributed by atoms with Crippen LogP contribution in [0.5, 0.6) is 11.5 Å². The van der Waals surface area contributed by atoms with Gasteiger partial charge in [-0.3, -0.25) is 5.32 Å². The number of carbonyl (C=O) groups is 1. The van der Waals surface area contributed by atoms with E-state index in [4.69, 9.17) is 21.1 Å². The van der Waals surface area contributed by atoms with Gasteiger partial charge in [-0.05, 0) is 36.8 Å². The molecule has 0 atom stereocenters. The number of para-hydroxylation sites is 1. The lowest BCUT2D eigenvalue weighted by Gasteiger charge is -2.12. The van der Waals surface area contributed by atoms with Crippen molar-refractivity contribution < 1.29 is 14.3 Å². The van der Waals surface area contributed by atoms with Gasteiger partial charge in [0.15, 0.2) is 0 Å². The number of rotatable bonds is 5. The zero-order valence-corrected chi connectivity index (χ0v) is 12.4. The molecule has 21 heavy (non-hydrogen) atoms. The molecular formula is C16H16ClNO3. The fourth-order valence-electron chi connectivity index (χ4n) is 1.67. The molecule has 0 unspecified atom stereocenters. The van der Waals surface area contributed by atoms with Crippen LogP contribution in [0.2, 0.25) is 5.02 Å². The lowest BCUT2D eigenvalue weighted by atomic mass is 10.3. The van der Waals surface area contributed by atoms with Crippen molar-refractivity contribution in [2.45, 2.75) is 13.3 Å². The molecule has 0 radical (unpaired) electrons. The van der Waals surface area contributed by atoms with Gasteiger partial charge in [-0.2, -0.15) is 0 Å². The van der Waals surface area contributed by atoms with Crippen LogP contribution in [0.1, 0.15) is 13.3 Å². The molecule has 0 aromatic heterocycles. The second kappa shape index (κ2) is 7.55. The smallest absolute Gasteiger partial charge is 0.417 e. The van der Waals surface area contributed by atoms with Crippen molar-refractivity contribution in [2.75, 3.05) is 11.9 Å². The van der Waals surface area contributed by atoms with Gasteiger partial charge in [-0.25, -0.2) is 4.79 Å². The zero-order valence-electron chi connectivity index (χ0n) is 11.6. The molecule has 0 saturated carbocycles. The molecule has 4 nitrogen and oxygen atoms in total. The van der Waals surface area contributed by atoms with Gasteiger partial charge in [-0.1, -0.05) is 36.7 Å². The van der Waals surface area contributed by atoms with Gasteiger partial charge in [0, 0.05) is 5.02 Å². The molecule has 0 fully saturated rings. The molecule has 5 heteroatoms. The fourth-order valence-corrected chi connectivity index (χ4v) is 1.84. The number of hydrogen-bond donors (Lipinski definition) is 1. The Morgan fingerprint density at radius 1 is 1.19 bits per heavy atom. The second-order valence-corrected chi connectivity index (χ2v) is 4.75. The first-order valence-corrected chi connectivity index (χ1v) is 7.03. The van der Waals surface area contributed by atoms with Crippen LogP contribution >= 0.6 is 11.6 Å². The van der Waals surface area contributed by atoms with Crippen LogP contribution < -0.4 is 14.8 Å². The average Bonchev–Trinajstić information content (AvgIpc) is 2.47. The molecule has 0 aliphatic rings. The van der Waals surface area contributed by atoms with E-state index < -0.39 is 6.09 Å². The number of nitrogens with one attached hydrogen (secondary N) is 1. The van der Waals surface area contributed by atoms with E-state index in [0.29, 0.717) is 28.8 Å². The Morgan fingerprint density at radius 3 is 2.67 bits per heavy atom. The Balaban J connectivity index is 2.07. The van der Waals surface area contributed by atoms with E-state index in [2.05, 4.69) is 5.32 Å². The van der Waals surface area contributed by atoms with Gasteiger partial charge >= 0.3 is 6.09 Å². The predicted octanol–water partition coefficient (Wildman–Crippen LogP) is 4.74. The van der Waals surface area contributed by atoms with E-state index in [9.17, 15) is 4.79 Å². The van der Waals surface area contributed by atoms with E-state index in [1.165, 1.54) is 0 Å². The first-order chi connectivity index (χ1) is 10.2. The summed E-state index contributed by atoms with van der Waals surface area (Å²) in [5.74, 6) is 1.03. The maximum absolute atomic E-state index is 11.9. The number of ether oxygens (including phenoxy) is 2. The van der Waals surface area contributed by atoms with Gasteiger partial charge in [0.05, 0.1) is 12.3 Å². The van der Waals surface area contributed by atoms with E-state index in [1.54, 1.807) is 42.5 Å². The topological polar surface area (TPSA) is 47.6 Å². The molecule has 2 aromatic carbocycles. The number of anilines is 1. The molecule has 1 amide bonds. The fraction of sp³-hybridized carbons (Fsp3) is 0.188. The first kappa shape index (κ1) is 15.2. The molecular weight excluding hydrogens is 290 g/mol. The van der Waals surface area contributed by atoms with Crippen LogP contribution in [-0.4, -0.2) is 12.7 Å². The third-order valence-electron chi connectivity index (χ3n) is 2.59.